The lowest BCUT2D eigenvalue weighted by Gasteiger charge is -2.22. The van der Waals surface area contributed by atoms with Gasteiger partial charge in [0.05, 0.1) is 42.6 Å². The summed E-state index contributed by atoms with van der Waals surface area (Å²) in [5, 5.41) is 3.43. The van der Waals surface area contributed by atoms with Crippen molar-refractivity contribution in [1.82, 2.24) is 15.0 Å². The van der Waals surface area contributed by atoms with E-state index in [9.17, 15) is 4.79 Å². The molecule has 0 bridgehead atoms. The minimum Gasteiger partial charge on any atom is -0.462 e. The number of esters is 1. The number of nitrogens with one attached hydrogen (secondary N) is 2. The van der Waals surface area contributed by atoms with Gasteiger partial charge in [0, 0.05) is 22.5 Å². The Hall–Kier alpha value is -3.75. The molecule has 0 saturated carbocycles. The fraction of sp³-hybridized carbons (Fsp3) is 0.345. The average Bonchev–Trinajstić information content (AvgIpc) is 3.30. The third kappa shape index (κ3) is 6.34. The van der Waals surface area contributed by atoms with E-state index in [1.165, 1.54) is 0 Å². The molecule has 1 atom stereocenters. The number of nitrogens with zero attached hydrogens (tertiary/aromatic N) is 2. The predicted molar refractivity (Wildman–Crippen MR) is 146 cm³/mol. The molecule has 8 heteroatoms. The largest absolute Gasteiger partial charge is 0.462 e. The van der Waals surface area contributed by atoms with Gasteiger partial charge in [0.1, 0.15) is 11.3 Å². The maximum atomic E-state index is 12.9. The summed E-state index contributed by atoms with van der Waals surface area (Å²) in [6.45, 7) is 10.9. The van der Waals surface area contributed by atoms with E-state index < -0.39 is 12.0 Å². The fourth-order valence-electron chi connectivity index (χ4n) is 4.10. The summed E-state index contributed by atoms with van der Waals surface area (Å²) in [5.41, 5.74) is 12.2. The van der Waals surface area contributed by atoms with E-state index in [4.69, 9.17) is 25.2 Å². The van der Waals surface area contributed by atoms with E-state index in [1.807, 2.05) is 55.5 Å². The Labute approximate surface area is 217 Å². The molecule has 2 aromatic heterocycles. The Balaban J connectivity index is 1.70. The molecule has 0 amide bonds. The summed E-state index contributed by atoms with van der Waals surface area (Å²) in [6.07, 6.45) is 0. The van der Waals surface area contributed by atoms with Gasteiger partial charge in [-0.05, 0) is 52.3 Å². The number of carbonyl (C=O) groups excluding carboxylic acids is 1. The van der Waals surface area contributed by atoms with Crippen LogP contribution in [0.25, 0.3) is 22.3 Å². The van der Waals surface area contributed by atoms with Crippen molar-refractivity contribution in [3.8, 4) is 11.3 Å². The minimum absolute atomic E-state index is 0.175. The lowest BCUT2D eigenvalue weighted by Crippen LogP contribution is -2.27. The molecule has 0 aliphatic rings. The van der Waals surface area contributed by atoms with Gasteiger partial charge in [-0.25, -0.2) is 14.8 Å². The number of ether oxygens (including phenoxy) is 2. The maximum Gasteiger partial charge on any atom is 0.340 e. The molecule has 8 nitrogen and oxygen atoms in total. The Bertz CT molecular complexity index is 1380. The first-order chi connectivity index (χ1) is 17.7. The van der Waals surface area contributed by atoms with Crippen LogP contribution in [0.15, 0.2) is 54.6 Å². The number of rotatable bonds is 9. The van der Waals surface area contributed by atoms with Crippen LogP contribution in [0.5, 0.6) is 0 Å². The van der Waals surface area contributed by atoms with Gasteiger partial charge in [-0.3, -0.25) is 0 Å². The number of aryl methyl sites for hydroxylation is 1. The summed E-state index contributed by atoms with van der Waals surface area (Å²) in [6, 6.07) is 16.9. The van der Waals surface area contributed by atoms with Crippen LogP contribution in [0.3, 0.4) is 0 Å². The van der Waals surface area contributed by atoms with E-state index in [1.54, 1.807) is 13.0 Å². The van der Waals surface area contributed by atoms with Crippen molar-refractivity contribution in [1.29, 1.82) is 0 Å². The van der Waals surface area contributed by atoms with Gasteiger partial charge < -0.3 is 25.5 Å². The number of H-pyrrole nitrogens is 1. The van der Waals surface area contributed by atoms with Crippen LogP contribution in [0.2, 0.25) is 0 Å². The lowest BCUT2D eigenvalue weighted by molar-refractivity contribution is 0.0522. The Morgan fingerprint density at radius 1 is 1.11 bits per heavy atom. The molecule has 0 fully saturated rings. The van der Waals surface area contributed by atoms with Crippen LogP contribution >= 0.6 is 0 Å². The maximum absolute atomic E-state index is 12.9. The molecule has 2 heterocycles. The molecule has 0 saturated heterocycles. The van der Waals surface area contributed by atoms with E-state index >= 15 is 0 Å². The Morgan fingerprint density at radius 2 is 1.86 bits per heavy atom. The normalized spacial score (nSPS) is 12.5. The summed E-state index contributed by atoms with van der Waals surface area (Å²) < 4.78 is 11.2. The molecule has 0 radical (unpaired) electrons. The number of para-hydroxylation sites is 1. The highest BCUT2D eigenvalue weighted by molar-refractivity contribution is 5.96. The summed E-state index contributed by atoms with van der Waals surface area (Å²) in [4.78, 5) is 25.9. The molecule has 0 spiro atoms. The third-order valence-electron chi connectivity index (χ3n) is 5.78. The number of aromatic nitrogens is 3. The van der Waals surface area contributed by atoms with Crippen LogP contribution < -0.4 is 11.1 Å². The lowest BCUT2D eigenvalue weighted by atomic mass is 10.1. The van der Waals surface area contributed by atoms with E-state index in [2.05, 4.69) is 31.1 Å². The van der Waals surface area contributed by atoms with E-state index in [0.717, 1.165) is 33.7 Å². The quantitative estimate of drug-likeness (QED) is 0.258. The zero-order valence-corrected chi connectivity index (χ0v) is 22.1. The second-order valence-electron chi connectivity index (χ2n) is 10.0. The second kappa shape index (κ2) is 11.1. The molecule has 1 unspecified atom stereocenters. The molecule has 194 valence electrons. The SMILES string of the molecule is CCOC(=O)c1cc(-c2cccc3nc(C)c(NC(C)(C)C)nc23)[nH]c1C(N)COCc1ccccc1. The Morgan fingerprint density at radius 3 is 2.57 bits per heavy atom. The third-order valence-corrected chi connectivity index (χ3v) is 5.78. The van der Waals surface area contributed by atoms with Crippen LogP contribution in [0.1, 0.15) is 61.0 Å². The highest BCUT2D eigenvalue weighted by atomic mass is 16.5. The molecule has 0 aliphatic carbocycles. The number of carbonyl (C=O) groups is 1. The number of benzene rings is 2. The fourth-order valence-corrected chi connectivity index (χ4v) is 4.10. The van der Waals surface area contributed by atoms with Gasteiger partial charge >= 0.3 is 5.97 Å². The summed E-state index contributed by atoms with van der Waals surface area (Å²) >= 11 is 0. The molecule has 2 aromatic carbocycles. The molecule has 4 N–H and O–H groups in total. The van der Waals surface area contributed by atoms with Gasteiger partial charge in [-0.1, -0.05) is 42.5 Å². The van der Waals surface area contributed by atoms with Crippen molar-refractivity contribution in [2.24, 2.45) is 5.73 Å². The zero-order valence-electron chi connectivity index (χ0n) is 22.1. The van der Waals surface area contributed by atoms with E-state index in [0.29, 0.717) is 23.6 Å². The number of aromatic amines is 1. The number of nitrogens with two attached hydrogens (primary N) is 1. The Kier molecular flexibility index (Phi) is 7.90. The van der Waals surface area contributed by atoms with Gasteiger partial charge in [-0.15, -0.1) is 0 Å². The van der Waals surface area contributed by atoms with Crippen molar-refractivity contribution >= 4 is 22.8 Å². The average molecular weight is 502 g/mol. The number of hydrogen-bond acceptors (Lipinski definition) is 7. The first-order valence-corrected chi connectivity index (χ1v) is 12.5. The van der Waals surface area contributed by atoms with Crippen LogP contribution in [-0.4, -0.2) is 39.7 Å². The molecule has 0 aliphatic heterocycles. The zero-order chi connectivity index (χ0) is 26.6. The molecule has 37 heavy (non-hydrogen) atoms. The topological polar surface area (TPSA) is 115 Å². The van der Waals surface area contributed by atoms with Crippen molar-refractivity contribution in [3.63, 3.8) is 0 Å². The number of hydrogen-bond donors (Lipinski definition) is 3. The standard InChI is InChI=1S/C29H35N5O3/c1-6-37-28(35)21-15-24(32-25(21)22(30)17-36-16-19-11-8-7-9-12-19)20-13-10-14-23-26(20)33-27(18(2)31-23)34-29(3,4)5/h7-15,22,32H,6,16-17,30H2,1-5H3,(H,33,34). The first kappa shape index (κ1) is 26.3. The van der Waals surface area contributed by atoms with Crippen molar-refractivity contribution < 1.29 is 14.3 Å². The van der Waals surface area contributed by atoms with Crippen LogP contribution in [-0.2, 0) is 16.1 Å². The highest BCUT2D eigenvalue weighted by Crippen LogP contribution is 2.31. The highest BCUT2D eigenvalue weighted by Gasteiger charge is 2.23. The molecule has 4 rings (SSSR count). The van der Waals surface area contributed by atoms with Gasteiger partial charge in [0.25, 0.3) is 0 Å². The van der Waals surface area contributed by atoms with Crippen LogP contribution in [0.4, 0.5) is 5.82 Å². The van der Waals surface area contributed by atoms with Crippen molar-refractivity contribution in [3.05, 3.63) is 77.1 Å². The molecule has 4 aromatic rings. The van der Waals surface area contributed by atoms with Crippen molar-refractivity contribution in [2.45, 2.75) is 52.8 Å². The van der Waals surface area contributed by atoms with Gasteiger partial charge in [0.2, 0.25) is 0 Å². The number of fused-ring (bicyclic) bond motifs is 1. The van der Waals surface area contributed by atoms with Gasteiger partial charge in [0.15, 0.2) is 0 Å². The minimum atomic E-state index is -0.557. The first-order valence-electron chi connectivity index (χ1n) is 12.5. The summed E-state index contributed by atoms with van der Waals surface area (Å²) in [5.74, 6) is 0.284. The van der Waals surface area contributed by atoms with Gasteiger partial charge in [-0.2, -0.15) is 0 Å². The van der Waals surface area contributed by atoms with Crippen molar-refractivity contribution in [2.75, 3.05) is 18.5 Å². The predicted octanol–water partition coefficient (Wildman–Crippen LogP) is 5.54. The number of anilines is 1. The second-order valence-corrected chi connectivity index (χ2v) is 10.0. The monoisotopic (exact) mass is 501 g/mol. The van der Waals surface area contributed by atoms with E-state index in [-0.39, 0.29) is 18.8 Å². The molecular formula is C29H35N5O3. The smallest absolute Gasteiger partial charge is 0.340 e. The van der Waals surface area contributed by atoms with Crippen LogP contribution in [0, 0.1) is 6.92 Å². The molecular weight excluding hydrogens is 466 g/mol. The summed E-state index contributed by atoms with van der Waals surface area (Å²) in [7, 11) is 0.